The zero-order chi connectivity index (χ0) is 21.7. The van der Waals surface area contributed by atoms with E-state index in [4.69, 9.17) is 0 Å². The Bertz CT molecular complexity index is 1030. The predicted octanol–water partition coefficient (Wildman–Crippen LogP) is 8.77. The van der Waals surface area contributed by atoms with Crippen molar-refractivity contribution in [2.45, 2.75) is 85.0 Å². The molecule has 2 aliphatic rings. The maximum absolute atomic E-state index is 2.48. The first-order chi connectivity index (χ1) is 14.1. The van der Waals surface area contributed by atoms with Gasteiger partial charge in [-0.1, -0.05) is 103 Å². The molecular weight excluding hydrogens is 360 g/mol. The SMILES string of the molecule is CCCCC1=CCC(c2c(C(C)(C)C)ccc3c2[CH]c2cc(C(C)(C)C)ccc2-3)=C1. The highest BCUT2D eigenvalue weighted by Crippen LogP contribution is 2.47. The second-order valence-electron chi connectivity index (χ2n) is 11.2. The van der Waals surface area contributed by atoms with Gasteiger partial charge in [0, 0.05) is 6.42 Å². The topological polar surface area (TPSA) is 0 Å². The molecule has 0 heterocycles. The summed E-state index contributed by atoms with van der Waals surface area (Å²) in [5.41, 5.74) is 13.3. The van der Waals surface area contributed by atoms with Gasteiger partial charge in [-0.15, -0.1) is 0 Å². The van der Waals surface area contributed by atoms with Crippen LogP contribution in [0.25, 0.3) is 16.7 Å². The van der Waals surface area contributed by atoms with E-state index in [-0.39, 0.29) is 10.8 Å². The average molecular weight is 398 g/mol. The zero-order valence-electron chi connectivity index (χ0n) is 19.9. The molecule has 157 valence electrons. The van der Waals surface area contributed by atoms with Crippen molar-refractivity contribution in [1.82, 2.24) is 0 Å². The van der Waals surface area contributed by atoms with E-state index in [0.29, 0.717) is 0 Å². The van der Waals surface area contributed by atoms with Gasteiger partial charge in [0.05, 0.1) is 0 Å². The molecule has 2 aromatic rings. The predicted molar refractivity (Wildman–Crippen MR) is 132 cm³/mol. The first kappa shape index (κ1) is 21.2. The molecule has 2 aliphatic carbocycles. The summed E-state index contributed by atoms with van der Waals surface area (Å²) < 4.78 is 0. The summed E-state index contributed by atoms with van der Waals surface area (Å²) in [7, 11) is 0. The van der Waals surface area contributed by atoms with Crippen molar-refractivity contribution in [2.75, 3.05) is 0 Å². The third-order valence-corrected chi connectivity index (χ3v) is 6.65. The fourth-order valence-electron chi connectivity index (χ4n) is 4.84. The number of allylic oxidation sites excluding steroid dienone is 4. The Morgan fingerprint density at radius 1 is 0.867 bits per heavy atom. The van der Waals surface area contributed by atoms with Crippen molar-refractivity contribution < 1.29 is 0 Å². The fourth-order valence-corrected chi connectivity index (χ4v) is 4.84. The number of fused-ring (bicyclic) bond motifs is 3. The molecule has 4 rings (SSSR count). The van der Waals surface area contributed by atoms with Crippen LogP contribution in [0, 0.1) is 6.42 Å². The lowest BCUT2D eigenvalue weighted by atomic mass is 9.78. The highest BCUT2D eigenvalue weighted by molar-refractivity contribution is 5.90. The molecule has 30 heavy (non-hydrogen) atoms. The van der Waals surface area contributed by atoms with E-state index in [2.05, 4.69) is 97.4 Å². The summed E-state index contributed by atoms with van der Waals surface area (Å²) in [5, 5.41) is 0. The minimum Gasteiger partial charge on any atom is -0.0769 e. The van der Waals surface area contributed by atoms with Crippen molar-refractivity contribution in [3.05, 3.63) is 82.3 Å². The molecule has 0 fully saturated rings. The van der Waals surface area contributed by atoms with Crippen LogP contribution in [-0.4, -0.2) is 0 Å². The number of hydrogen-bond donors (Lipinski definition) is 0. The van der Waals surface area contributed by atoms with Crippen LogP contribution in [0.1, 0.15) is 102 Å². The molecule has 0 nitrogen and oxygen atoms in total. The van der Waals surface area contributed by atoms with Gasteiger partial charge >= 0.3 is 0 Å². The van der Waals surface area contributed by atoms with Crippen LogP contribution in [0.4, 0.5) is 0 Å². The molecule has 0 aromatic heterocycles. The highest BCUT2D eigenvalue weighted by Gasteiger charge is 2.30. The lowest BCUT2D eigenvalue weighted by molar-refractivity contribution is 0.588. The van der Waals surface area contributed by atoms with Crippen molar-refractivity contribution in [3.8, 4) is 11.1 Å². The van der Waals surface area contributed by atoms with E-state index in [0.717, 1.165) is 6.42 Å². The van der Waals surface area contributed by atoms with Crippen LogP contribution in [0.3, 0.4) is 0 Å². The molecule has 2 aromatic carbocycles. The molecular formula is C30H37. The standard InChI is InChI=1S/C30H37/c1-8-9-10-20-11-12-21(17-20)28-26-19-22-18-23(29(2,3)4)13-14-24(22)25(26)15-16-27(28)30(5,6)7/h11,13-19H,8-10,12H2,1-7H3. The first-order valence-corrected chi connectivity index (χ1v) is 11.7. The Kier molecular flexibility index (Phi) is 5.33. The Hall–Kier alpha value is -2.08. The van der Waals surface area contributed by atoms with E-state index >= 15 is 0 Å². The van der Waals surface area contributed by atoms with Gasteiger partial charge in [-0.05, 0) is 74.6 Å². The fraction of sp³-hybridized carbons (Fsp3) is 0.433. The van der Waals surface area contributed by atoms with E-state index in [1.165, 1.54) is 69.4 Å². The van der Waals surface area contributed by atoms with Crippen molar-refractivity contribution in [1.29, 1.82) is 0 Å². The van der Waals surface area contributed by atoms with E-state index < -0.39 is 0 Å². The maximum atomic E-state index is 2.48. The molecule has 0 spiro atoms. The molecule has 0 amide bonds. The molecule has 0 atom stereocenters. The third-order valence-electron chi connectivity index (χ3n) is 6.65. The summed E-state index contributed by atoms with van der Waals surface area (Å²) in [6.07, 6.45) is 12.2. The van der Waals surface area contributed by atoms with Gasteiger partial charge in [-0.3, -0.25) is 0 Å². The second-order valence-corrected chi connectivity index (χ2v) is 11.2. The van der Waals surface area contributed by atoms with Gasteiger partial charge in [0.2, 0.25) is 0 Å². The second kappa shape index (κ2) is 7.56. The van der Waals surface area contributed by atoms with Crippen LogP contribution < -0.4 is 0 Å². The van der Waals surface area contributed by atoms with Gasteiger partial charge in [-0.2, -0.15) is 0 Å². The van der Waals surface area contributed by atoms with E-state index in [1.807, 2.05) is 0 Å². The molecule has 0 heteroatoms. The van der Waals surface area contributed by atoms with Crippen LogP contribution in [0.15, 0.2) is 48.1 Å². The van der Waals surface area contributed by atoms with Crippen molar-refractivity contribution in [3.63, 3.8) is 0 Å². The monoisotopic (exact) mass is 397 g/mol. The van der Waals surface area contributed by atoms with Crippen LogP contribution in [0.5, 0.6) is 0 Å². The smallest absolute Gasteiger partial charge is 0.0218 e. The molecule has 0 aliphatic heterocycles. The zero-order valence-corrected chi connectivity index (χ0v) is 19.9. The molecule has 0 saturated heterocycles. The van der Waals surface area contributed by atoms with E-state index in [9.17, 15) is 0 Å². The minimum absolute atomic E-state index is 0.122. The Labute approximate surface area is 184 Å². The number of unbranched alkanes of at least 4 members (excludes halogenated alkanes) is 1. The van der Waals surface area contributed by atoms with Crippen LogP contribution in [-0.2, 0) is 10.8 Å². The summed E-state index contributed by atoms with van der Waals surface area (Å²) in [5.74, 6) is 0. The summed E-state index contributed by atoms with van der Waals surface area (Å²) in [6, 6.07) is 11.8. The van der Waals surface area contributed by atoms with Gasteiger partial charge in [0.15, 0.2) is 0 Å². The van der Waals surface area contributed by atoms with Gasteiger partial charge in [-0.25, -0.2) is 0 Å². The molecule has 0 N–H and O–H groups in total. The minimum atomic E-state index is 0.122. The number of rotatable bonds is 4. The van der Waals surface area contributed by atoms with Gasteiger partial charge in [0.1, 0.15) is 0 Å². The third kappa shape index (κ3) is 3.82. The van der Waals surface area contributed by atoms with Crippen molar-refractivity contribution >= 4 is 5.57 Å². The Balaban J connectivity index is 1.82. The Morgan fingerprint density at radius 2 is 1.60 bits per heavy atom. The van der Waals surface area contributed by atoms with Gasteiger partial charge < -0.3 is 0 Å². The molecule has 0 saturated carbocycles. The molecule has 1 radical (unpaired) electrons. The summed E-state index contributed by atoms with van der Waals surface area (Å²) >= 11 is 0. The lowest BCUT2D eigenvalue weighted by Crippen LogP contribution is -2.15. The quantitative estimate of drug-likeness (QED) is 0.412. The van der Waals surface area contributed by atoms with E-state index in [1.54, 1.807) is 0 Å². The van der Waals surface area contributed by atoms with Crippen LogP contribution >= 0.6 is 0 Å². The average Bonchev–Trinajstić information content (AvgIpc) is 3.27. The molecule has 0 bridgehead atoms. The first-order valence-electron chi connectivity index (χ1n) is 11.7. The number of benzene rings is 2. The largest absolute Gasteiger partial charge is 0.0769 e. The molecule has 0 unspecified atom stereocenters. The summed E-state index contributed by atoms with van der Waals surface area (Å²) in [6.45, 7) is 16.2. The summed E-state index contributed by atoms with van der Waals surface area (Å²) in [4.78, 5) is 0. The lowest BCUT2D eigenvalue weighted by Gasteiger charge is -2.26. The Morgan fingerprint density at radius 3 is 2.27 bits per heavy atom. The maximum Gasteiger partial charge on any atom is 0.0218 e. The van der Waals surface area contributed by atoms with Gasteiger partial charge in [0.25, 0.3) is 0 Å². The highest BCUT2D eigenvalue weighted by atomic mass is 14.3. The van der Waals surface area contributed by atoms with Crippen LogP contribution in [0.2, 0.25) is 0 Å². The number of hydrogen-bond acceptors (Lipinski definition) is 0. The normalized spacial score (nSPS) is 15.7. The van der Waals surface area contributed by atoms with Crippen molar-refractivity contribution in [2.24, 2.45) is 0 Å².